The van der Waals surface area contributed by atoms with Crippen LogP contribution in [-0.2, 0) is 0 Å². The van der Waals surface area contributed by atoms with Crippen LogP contribution < -0.4 is 0 Å². The van der Waals surface area contributed by atoms with Gasteiger partial charge in [-0.1, -0.05) is 140 Å². The monoisotopic (exact) mass is 717 g/mol. The highest BCUT2D eigenvalue weighted by Gasteiger charge is 2.17. The molecule has 0 aliphatic rings. The number of fused-ring (bicyclic) bond motifs is 6. The standard InChI is InChI=1S/C51H31N3O2/c1-3-12-32(13-4-1)34-16-11-17-37(28-34)50-52-49(33-14-5-2-6-15-33)53-51(54-50)38-24-27-44-43-26-23-36(30-47(43)56-48(44)31-38)40-19-8-7-18-39(40)35-22-25-42-41-20-9-10-21-45(41)55-46(42)29-35/h1-31H. The largest absolute Gasteiger partial charge is 0.456 e. The lowest BCUT2D eigenvalue weighted by molar-refractivity contribution is 0.668. The number of hydrogen-bond donors (Lipinski definition) is 0. The normalized spacial score (nSPS) is 11.6. The van der Waals surface area contributed by atoms with Crippen molar-refractivity contribution in [3.8, 4) is 67.5 Å². The summed E-state index contributed by atoms with van der Waals surface area (Å²) in [5.74, 6) is 1.81. The summed E-state index contributed by atoms with van der Waals surface area (Å²) in [6.45, 7) is 0. The van der Waals surface area contributed by atoms with E-state index in [1.54, 1.807) is 0 Å². The molecule has 8 aromatic carbocycles. The predicted octanol–water partition coefficient (Wildman–Crippen LogP) is 13.7. The minimum atomic E-state index is 0.581. The molecule has 0 N–H and O–H groups in total. The molecule has 0 amide bonds. The second-order valence-corrected chi connectivity index (χ2v) is 14.0. The van der Waals surface area contributed by atoms with Crippen molar-refractivity contribution in [3.63, 3.8) is 0 Å². The van der Waals surface area contributed by atoms with Crippen LogP contribution in [0.2, 0.25) is 0 Å². The van der Waals surface area contributed by atoms with E-state index in [1.807, 2.05) is 60.7 Å². The SMILES string of the molecule is c1ccc(-c2cccc(-c3nc(-c4ccccc4)nc(-c4ccc5c(c4)oc4cc(-c6ccccc6-c6ccc7c(c6)oc6ccccc67)ccc45)n3)c2)cc1. The molecule has 262 valence electrons. The Morgan fingerprint density at radius 3 is 1.29 bits per heavy atom. The number of rotatable bonds is 6. The van der Waals surface area contributed by atoms with Crippen molar-refractivity contribution >= 4 is 43.9 Å². The summed E-state index contributed by atoms with van der Waals surface area (Å²) in [6, 6.07) is 64.6. The number of furan rings is 2. The van der Waals surface area contributed by atoms with Crippen molar-refractivity contribution in [3.05, 3.63) is 188 Å². The topological polar surface area (TPSA) is 65.0 Å². The van der Waals surface area contributed by atoms with Crippen molar-refractivity contribution in [1.29, 1.82) is 0 Å². The molecule has 0 saturated carbocycles. The Hall–Kier alpha value is -7.63. The summed E-state index contributed by atoms with van der Waals surface area (Å²) in [6.07, 6.45) is 0. The minimum absolute atomic E-state index is 0.581. The van der Waals surface area contributed by atoms with Crippen LogP contribution in [0.5, 0.6) is 0 Å². The average molecular weight is 718 g/mol. The van der Waals surface area contributed by atoms with E-state index in [0.29, 0.717) is 17.5 Å². The molecule has 5 nitrogen and oxygen atoms in total. The lowest BCUT2D eigenvalue weighted by Gasteiger charge is -2.10. The zero-order valence-electron chi connectivity index (χ0n) is 30.1. The molecule has 0 atom stereocenters. The van der Waals surface area contributed by atoms with Gasteiger partial charge in [-0.2, -0.15) is 0 Å². The first-order valence-electron chi connectivity index (χ1n) is 18.7. The molecule has 11 aromatic rings. The van der Waals surface area contributed by atoms with Gasteiger partial charge in [-0.25, -0.2) is 15.0 Å². The van der Waals surface area contributed by atoms with Gasteiger partial charge in [0.25, 0.3) is 0 Å². The van der Waals surface area contributed by atoms with Crippen LogP contribution in [0.4, 0.5) is 0 Å². The first kappa shape index (κ1) is 31.9. The van der Waals surface area contributed by atoms with E-state index in [9.17, 15) is 0 Å². The minimum Gasteiger partial charge on any atom is -0.456 e. The maximum atomic E-state index is 6.62. The van der Waals surface area contributed by atoms with E-state index in [4.69, 9.17) is 23.8 Å². The molecule has 0 spiro atoms. The fourth-order valence-corrected chi connectivity index (χ4v) is 7.78. The first-order chi connectivity index (χ1) is 27.7. The Morgan fingerprint density at radius 1 is 0.250 bits per heavy atom. The summed E-state index contributed by atoms with van der Waals surface area (Å²) < 4.78 is 12.9. The predicted molar refractivity (Wildman–Crippen MR) is 227 cm³/mol. The lowest BCUT2D eigenvalue weighted by Crippen LogP contribution is -2.00. The molecule has 56 heavy (non-hydrogen) atoms. The van der Waals surface area contributed by atoms with Gasteiger partial charge in [0.15, 0.2) is 17.5 Å². The van der Waals surface area contributed by atoms with E-state index >= 15 is 0 Å². The molecule has 3 aromatic heterocycles. The Labute approximate surface area is 322 Å². The quantitative estimate of drug-likeness (QED) is 0.171. The smallest absolute Gasteiger partial charge is 0.164 e. The van der Waals surface area contributed by atoms with Crippen molar-refractivity contribution in [2.45, 2.75) is 0 Å². The van der Waals surface area contributed by atoms with E-state index in [2.05, 4.69) is 127 Å². The number of hydrogen-bond acceptors (Lipinski definition) is 5. The molecular weight excluding hydrogens is 687 g/mol. The van der Waals surface area contributed by atoms with Crippen LogP contribution in [0.25, 0.3) is 111 Å². The molecule has 0 aliphatic carbocycles. The Morgan fingerprint density at radius 2 is 0.661 bits per heavy atom. The van der Waals surface area contributed by atoms with E-state index in [0.717, 1.165) is 93.9 Å². The lowest BCUT2D eigenvalue weighted by atomic mass is 9.93. The zero-order valence-corrected chi connectivity index (χ0v) is 30.1. The highest BCUT2D eigenvalue weighted by molar-refractivity contribution is 6.08. The Balaban J connectivity index is 0.991. The van der Waals surface area contributed by atoms with Gasteiger partial charge < -0.3 is 8.83 Å². The molecule has 0 bridgehead atoms. The number of benzene rings is 8. The summed E-state index contributed by atoms with van der Waals surface area (Å²) in [5, 5.41) is 4.33. The third-order valence-electron chi connectivity index (χ3n) is 10.6. The molecule has 0 fully saturated rings. The van der Waals surface area contributed by atoms with E-state index in [-0.39, 0.29) is 0 Å². The summed E-state index contributed by atoms with van der Waals surface area (Å²) in [5.41, 5.74) is 12.7. The number of aromatic nitrogens is 3. The first-order valence-corrected chi connectivity index (χ1v) is 18.7. The summed E-state index contributed by atoms with van der Waals surface area (Å²) in [4.78, 5) is 15.0. The molecule has 5 heteroatoms. The van der Waals surface area contributed by atoms with Crippen LogP contribution in [-0.4, -0.2) is 15.0 Å². The molecule has 0 aliphatic heterocycles. The molecule has 11 rings (SSSR count). The average Bonchev–Trinajstić information content (AvgIpc) is 3.84. The summed E-state index contributed by atoms with van der Waals surface area (Å²) in [7, 11) is 0. The number of para-hydroxylation sites is 1. The van der Waals surface area contributed by atoms with Crippen LogP contribution in [0.1, 0.15) is 0 Å². The van der Waals surface area contributed by atoms with Gasteiger partial charge in [-0.05, 0) is 81.9 Å². The maximum absolute atomic E-state index is 6.62. The highest BCUT2D eigenvalue weighted by atomic mass is 16.3. The molecule has 0 saturated heterocycles. The maximum Gasteiger partial charge on any atom is 0.164 e. The van der Waals surface area contributed by atoms with Crippen molar-refractivity contribution in [1.82, 2.24) is 15.0 Å². The van der Waals surface area contributed by atoms with Gasteiger partial charge in [0.1, 0.15) is 22.3 Å². The van der Waals surface area contributed by atoms with E-state index in [1.165, 1.54) is 0 Å². The highest BCUT2D eigenvalue weighted by Crippen LogP contribution is 2.39. The van der Waals surface area contributed by atoms with Gasteiger partial charge in [0, 0.05) is 38.2 Å². The fraction of sp³-hybridized carbons (Fsp3) is 0. The second-order valence-electron chi connectivity index (χ2n) is 14.0. The van der Waals surface area contributed by atoms with Crippen LogP contribution in [0, 0.1) is 0 Å². The number of nitrogens with zero attached hydrogens (tertiary/aromatic N) is 3. The molecule has 0 unspecified atom stereocenters. The van der Waals surface area contributed by atoms with E-state index < -0.39 is 0 Å². The summed E-state index contributed by atoms with van der Waals surface area (Å²) >= 11 is 0. The van der Waals surface area contributed by atoms with Gasteiger partial charge in [-0.15, -0.1) is 0 Å². The molecule has 3 heterocycles. The second kappa shape index (κ2) is 13.0. The Kier molecular flexibility index (Phi) is 7.42. The van der Waals surface area contributed by atoms with Crippen molar-refractivity contribution in [2.24, 2.45) is 0 Å². The fourth-order valence-electron chi connectivity index (χ4n) is 7.78. The third-order valence-corrected chi connectivity index (χ3v) is 10.6. The van der Waals surface area contributed by atoms with Crippen molar-refractivity contribution < 1.29 is 8.83 Å². The zero-order chi connectivity index (χ0) is 37.0. The van der Waals surface area contributed by atoms with Crippen LogP contribution in [0.3, 0.4) is 0 Å². The third kappa shape index (κ3) is 5.53. The van der Waals surface area contributed by atoms with Gasteiger partial charge >= 0.3 is 0 Å². The molecular formula is C51H31N3O2. The van der Waals surface area contributed by atoms with Crippen molar-refractivity contribution in [2.75, 3.05) is 0 Å². The van der Waals surface area contributed by atoms with Gasteiger partial charge in [0.05, 0.1) is 0 Å². The molecule has 0 radical (unpaired) electrons. The van der Waals surface area contributed by atoms with Gasteiger partial charge in [0.2, 0.25) is 0 Å². The van der Waals surface area contributed by atoms with Crippen LogP contribution >= 0.6 is 0 Å². The van der Waals surface area contributed by atoms with Crippen LogP contribution in [0.15, 0.2) is 197 Å². The van der Waals surface area contributed by atoms with Gasteiger partial charge in [-0.3, -0.25) is 0 Å². The Bertz CT molecular complexity index is 3250.